The number of aliphatic imine (C=N–C) groups is 1. The molecule has 2 amide bonds. The van der Waals surface area contributed by atoms with Crippen molar-refractivity contribution in [3.63, 3.8) is 0 Å². The number of pyridine rings is 1. The van der Waals surface area contributed by atoms with Crippen molar-refractivity contribution in [1.29, 1.82) is 0 Å². The Morgan fingerprint density at radius 2 is 1.83 bits per heavy atom. The molecule has 10 heteroatoms. The van der Waals surface area contributed by atoms with Crippen LogP contribution < -0.4 is 4.74 Å². The largest absolute Gasteiger partial charge is 0.493 e. The molecule has 3 aliphatic rings. The fourth-order valence-electron chi connectivity index (χ4n) is 6.75. The number of aryl methyl sites for hydroxylation is 1. The van der Waals surface area contributed by atoms with Crippen LogP contribution in [0.2, 0.25) is 0 Å². The number of fused-ring (bicyclic) bond motifs is 3. The predicted octanol–water partition coefficient (Wildman–Crippen LogP) is 5.78. The van der Waals surface area contributed by atoms with Gasteiger partial charge in [0.1, 0.15) is 17.4 Å². The maximum atomic E-state index is 13.6. The first-order chi connectivity index (χ1) is 22.5. The number of halogens is 1. The number of piperazine rings is 1. The monoisotopic (exact) mass is 622 g/mol. The Balaban J connectivity index is 0.873. The minimum atomic E-state index is -0.307. The maximum absolute atomic E-state index is 13.6. The quantitative estimate of drug-likeness (QED) is 0.221. The van der Waals surface area contributed by atoms with Gasteiger partial charge < -0.3 is 14.5 Å². The molecule has 0 spiro atoms. The highest BCUT2D eigenvalue weighted by molar-refractivity contribution is 6.03. The second kappa shape index (κ2) is 13.0. The molecule has 0 radical (unpaired) electrons. The molecule has 2 fully saturated rings. The highest BCUT2D eigenvalue weighted by atomic mass is 19.1. The van der Waals surface area contributed by atoms with Gasteiger partial charge in [-0.15, -0.1) is 0 Å². The van der Waals surface area contributed by atoms with Gasteiger partial charge in [0.2, 0.25) is 0 Å². The minimum absolute atomic E-state index is 0.0704. The summed E-state index contributed by atoms with van der Waals surface area (Å²) in [7, 11) is 0. The molecular formula is C36H39FN6O3. The van der Waals surface area contributed by atoms with Crippen LogP contribution in [0, 0.1) is 12.7 Å². The number of ether oxygens (including phenoxy) is 1. The number of benzene rings is 2. The van der Waals surface area contributed by atoms with E-state index in [-0.39, 0.29) is 23.7 Å². The fraction of sp³-hybridized carbons (Fsp3) is 0.389. The lowest BCUT2D eigenvalue weighted by Crippen LogP contribution is -2.49. The summed E-state index contributed by atoms with van der Waals surface area (Å²) < 4.78 is 21.5. The molecule has 0 saturated carbocycles. The van der Waals surface area contributed by atoms with E-state index in [0.717, 1.165) is 80.7 Å². The van der Waals surface area contributed by atoms with E-state index in [1.165, 1.54) is 12.1 Å². The van der Waals surface area contributed by atoms with Crippen molar-refractivity contribution >= 4 is 29.2 Å². The van der Waals surface area contributed by atoms with Crippen molar-refractivity contribution in [3.8, 4) is 17.1 Å². The number of nitrogens with zero attached hydrogens (tertiary/aromatic N) is 6. The third-order valence-corrected chi connectivity index (χ3v) is 9.36. The first kappa shape index (κ1) is 30.1. The fourth-order valence-corrected chi connectivity index (χ4v) is 6.75. The average Bonchev–Trinajstić information content (AvgIpc) is 3.69. The molecule has 5 heterocycles. The minimum Gasteiger partial charge on any atom is -0.493 e. The first-order valence-electron chi connectivity index (χ1n) is 16.3. The van der Waals surface area contributed by atoms with Crippen LogP contribution in [0.4, 0.5) is 10.1 Å². The van der Waals surface area contributed by atoms with Crippen molar-refractivity contribution in [2.24, 2.45) is 4.99 Å². The van der Waals surface area contributed by atoms with E-state index in [0.29, 0.717) is 42.5 Å². The number of imidazole rings is 1. The number of aromatic nitrogens is 2. The van der Waals surface area contributed by atoms with Gasteiger partial charge in [-0.3, -0.25) is 23.9 Å². The highest BCUT2D eigenvalue weighted by Crippen LogP contribution is 2.34. The Kier molecular flexibility index (Phi) is 8.53. The van der Waals surface area contributed by atoms with Gasteiger partial charge >= 0.3 is 0 Å². The van der Waals surface area contributed by atoms with Crippen molar-refractivity contribution in [2.45, 2.75) is 45.1 Å². The topological polar surface area (TPSA) is 82.8 Å². The van der Waals surface area contributed by atoms with E-state index in [9.17, 15) is 14.0 Å². The van der Waals surface area contributed by atoms with Gasteiger partial charge in [0.05, 0.1) is 29.4 Å². The van der Waals surface area contributed by atoms with Crippen LogP contribution in [0.3, 0.4) is 0 Å². The van der Waals surface area contributed by atoms with Gasteiger partial charge in [-0.2, -0.15) is 0 Å². The molecule has 0 bridgehead atoms. The smallest absolute Gasteiger partial charge is 0.274 e. The van der Waals surface area contributed by atoms with Gasteiger partial charge in [-0.05, 0) is 93.6 Å². The van der Waals surface area contributed by atoms with Crippen LogP contribution in [0.1, 0.15) is 58.5 Å². The summed E-state index contributed by atoms with van der Waals surface area (Å²) in [5.74, 6) is 1.11. The van der Waals surface area contributed by atoms with E-state index in [1.807, 2.05) is 63.9 Å². The highest BCUT2D eigenvalue weighted by Gasteiger charge is 2.32. The molecule has 1 atom stereocenters. The summed E-state index contributed by atoms with van der Waals surface area (Å²) in [6.07, 6.45) is 8.85. The number of unbranched alkanes of at least 4 members (excludes halogenated alkanes) is 2. The van der Waals surface area contributed by atoms with E-state index < -0.39 is 0 Å². The maximum Gasteiger partial charge on any atom is 0.274 e. The molecule has 4 aromatic rings. The molecule has 2 aromatic heterocycles. The van der Waals surface area contributed by atoms with E-state index in [4.69, 9.17) is 9.72 Å². The lowest BCUT2D eigenvalue weighted by molar-refractivity contribution is 0.0631. The number of rotatable bonds is 9. The van der Waals surface area contributed by atoms with Crippen LogP contribution in [-0.4, -0.2) is 94.0 Å². The molecular weight excluding hydrogens is 583 g/mol. The van der Waals surface area contributed by atoms with Crippen LogP contribution in [0.5, 0.6) is 5.75 Å². The summed E-state index contributed by atoms with van der Waals surface area (Å²) in [5.41, 5.74) is 4.27. The molecule has 2 aromatic carbocycles. The van der Waals surface area contributed by atoms with Crippen LogP contribution in [0.15, 0.2) is 65.8 Å². The molecule has 0 aliphatic carbocycles. The summed E-state index contributed by atoms with van der Waals surface area (Å²) >= 11 is 0. The van der Waals surface area contributed by atoms with Gasteiger partial charge in [-0.1, -0.05) is 6.07 Å². The standard InChI is InChI=1S/C36H39FN6O3/c1-25-22-29-30(38-24-28-8-7-16-42(28)35(29)44)23-32(25)46-21-6-2-4-14-40-17-19-41(20-18-40)36(45)33-31-9-3-5-15-43(31)34(39-33)26-10-12-27(37)13-11-26/h3,5,9-13,15,22-24,28H,2,4,6-8,14,16-21H2,1H3/t28-/m0/s1. The SMILES string of the molecule is Cc1cc2c(cc1OCCCCCN1CCN(C(=O)c3nc(-c4ccc(F)cc4)n4ccccc34)CC1)N=C[C@@H]1CCCN1C2=O. The van der Waals surface area contributed by atoms with Crippen molar-refractivity contribution in [2.75, 3.05) is 45.9 Å². The summed E-state index contributed by atoms with van der Waals surface area (Å²) in [6, 6.07) is 15.8. The predicted molar refractivity (Wildman–Crippen MR) is 176 cm³/mol. The van der Waals surface area contributed by atoms with E-state index >= 15 is 0 Å². The summed E-state index contributed by atoms with van der Waals surface area (Å²) in [6.45, 7) is 7.34. The normalized spacial score (nSPS) is 18.1. The number of hydrogen-bond donors (Lipinski definition) is 0. The molecule has 3 aliphatic heterocycles. The molecule has 46 heavy (non-hydrogen) atoms. The summed E-state index contributed by atoms with van der Waals surface area (Å²) in [5, 5.41) is 0. The average molecular weight is 623 g/mol. The molecule has 238 valence electrons. The zero-order valence-electron chi connectivity index (χ0n) is 26.2. The van der Waals surface area contributed by atoms with Crippen molar-refractivity contribution < 1.29 is 18.7 Å². The molecule has 0 N–H and O–H groups in total. The van der Waals surface area contributed by atoms with Gasteiger partial charge in [0.15, 0.2) is 5.69 Å². The lowest BCUT2D eigenvalue weighted by Gasteiger charge is -2.34. The Morgan fingerprint density at radius 1 is 1.00 bits per heavy atom. The van der Waals surface area contributed by atoms with E-state index in [1.54, 1.807) is 12.1 Å². The van der Waals surface area contributed by atoms with Crippen LogP contribution in [-0.2, 0) is 0 Å². The number of carbonyl (C=O) groups is 2. The third-order valence-electron chi connectivity index (χ3n) is 9.36. The van der Waals surface area contributed by atoms with Gasteiger partial charge in [-0.25, -0.2) is 9.37 Å². The zero-order valence-corrected chi connectivity index (χ0v) is 26.2. The molecule has 9 nitrogen and oxygen atoms in total. The summed E-state index contributed by atoms with van der Waals surface area (Å²) in [4.78, 5) is 42.2. The second-order valence-electron chi connectivity index (χ2n) is 12.4. The first-order valence-corrected chi connectivity index (χ1v) is 16.3. The number of hydrogen-bond acceptors (Lipinski definition) is 6. The third kappa shape index (κ3) is 6.01. The zero-order chi connectivity index (χ0) is 31.6. The molecule has 0 unspecified atom stereocenters. The Morgan fingerprint density at radius 3 is 2.65 bits per heavy atom. The van der Waals surface area contributed by atoms with Gasteiger partial charge in [0.25, 0.3) is 11.8 Å². The van der Waals surface area contributed by atoms with Crippen LogP contribution >= 0.6 is 0 Å². The Labute approximate surface area is 268 Å². The Bertz CT molecular complexity index is 1780. The second-order valence-corrected chi connectivity index (χ2v) is 12.4. The van der Waals surface area contributed by atoms with Crippen LogP contribution in [0.25, 0.3) is 16.9 Å². The van der Waals surface area contributed by atoms with Crippen molar-refractivity contribution in [1.82, 2.24) is 24.1 Å². The molecule has 7 rings (SSSR count). The Hall–Kier alpha value is -4.57. The van der Waals surface area contributed by atoms with Crippen molar-refractivity contribution in [3.05, 3.63) is 83.4 Å². The molecule has 2 saturated heterocycles. The lowest BCUT2D eigenvalue weighted by atomic mass is 10.1. The van der Waals surface area contributed by atoms with Gasteiger partial charge in [0, 0.05) is 56.8 Å². The number of carbonyl (C=O) groups excluding carboxylic acids is 2. The van der Waals surface area contributed by atoms with E-state index in [2.05, 4.69) is 9.89 Å². The number of amides is 2.